The van der Waals surface area contributed by atoms with Gasteiger partial charge < -0.3 is 4.74 Å². The number of fused-ring (bicyclic) bond motifs is 1. The Balaban J connectivity index is 2.22. The first-order chi connectivity index (χ1) is 10.5. The largest absolute Gasteiger partial charge is 0.454 e. The molecule has 2 atom stereocenters. The molecule has 0 aromatic rings. The molecule has 2 nitrogen and oxygen atoms in total. The van der Waals surface area contributed by atoms with Crippen LogP contribution >= 0.6 is 0 Å². The Bertz CT molecular complexity index is 532. The molecule has 0 fully saturated rings. The molecular weight excluding hydrogens is 272 g/mol. The van der Waals surface area contributed by atoms with E-state index in [0.717, 1.165) is 31.3 Å². The Hall–Kier alpha value is -1.57. The quantitative estimate of drug-likeness (QED) is 0.495. The maximum absolute atomic E-state index is 12.0. The van der Waals surface area contributed by atoms with Crippen LogP contribution in [0.1, 0.15) is 53.4 Å². The summed E-state index contributed by atoms with van der Waals surface area (Å²) in [7, 11) is 0. The van der Waals surface area contributed by atoms with Crippen molar-refractivity contribution in [1.29, 1.82) is 0 Å². The monoisotopic (exact) mass is 300 g/mol. The number of hydrogen-bond donors (Lipinski definition) is 0. The van der Waals surface area contributed by atoms with E-state index in [1.807, 2.05) is 6.08 Å². The zero-order valence-electron chi connectivity index (χ0n) is 14.3. The van der Waals surface area contributed by atoms with Crippen LogP contribution in [-0.4, -0.2) is 12.1 Å². The van der Waals surface area contributed by atoms with Gasteiger partial charge in [0.15, 0.2) is 0 Å². The third-order valence-electron chi connectivity index (χ3n) is 4.55. The van der Waals surface area contributed by atoms with Crippen molar-refractivity contribution in [2.24, 2.45) is 11.8 Å². The number of esters is 1. The van der Waals surface area contributed by atoms with Crippen LogP contribution in [0.3, 0.4) is 0 Å². The van der Waals surface area contributed by atoms with Crippen LogP contribution in [0, 0.1) is 11.8 Å². The van der Waals surface area contributed by atoms with E-state index in [0.29, 0.717) is 11.8 Å². The minimum absolute atomic E-state index is 0.0696. The summed E-state index contributed by atoms with van der Waals surface area (Å²) >= 11 is 0. The van der Waals surface area contributed by atoms with Gasteiger partial charge in [0.05, 0.1) is 0 Å². The van der Waals surface area contributed by atoms with E-state index in [4.69, 9.17) is 4.74 Å². The van der Waals surface area contributed by atoms with Gasteiger partial charge in [-0.15, -0.1) is 0 Å². The number of carbonyl (C=O) groups is 1. The maximum Gasteiger partial charge on any atom is 0.334 e. The number of ether oxygens (including phenoxy) is 1. The van der Waals surface area contributed by atoms with Crippen LogP contribution in [-0.2, 0) is 9.53 Å². The van der Waals surface area contributed by atoms with Gasteiger partial charge in [0.2, 0.25) is 0 Å². The summed E-state index contributed by atoms with van der Waals surface area (Å²) in [6.45, 7) is 8.75. The van der Waals surface area contributed by atoms with E-state index < -0.39 is 0 Å². The van der Waals surface area contributed by atoms with Crippen molar-refractivity contribution < 1.29 is 9.53 Å². The van der Waals surface area contributed by atoms with Gasteiger partial charge in [-0.25, -0.2) is 4.79 Å². The van der Waals surface area contributed by atoms with Gasteiger partial charge in [0.1, 0.15) is 6.10 Å². The van der Waals surface area contributed by atoms with E-state index in [1.165, 1.54) is 11.1 Å². The predicted octanol–water partition coefficient (Wildman–Crippen LogP) is 5.13. The van der Waals surface area contributed by atoms with Crippen molar-refractivity contribution in [2.45, 2.75) is 59.5 Å². The Morgan fingerprint density at radius 2 is 2.00 bits per heavy atom. The van der Waals surface area contributed by atoms with Gasteiger partial charge in [0, 0.05) is 12.0 Å². The molecule has 0 aromatic carbocycles. The third kappa shape index (κ3) is 4.72. The molecule has 22 heavy (non-hydrogen) atoms. The molecule has 0 saturated carbocycles. The van der Waals surface area contributed by atoms with E-state index >= 15 is 0 Å². The van der Waals surface area contributed by atoms with Crippen LogP contribution in [0.2, 0.25) is 0 Å². The zero-order chi connectivity index (χ0) is 16.1. The SMILES string of the molecule is CC1=CCC=C(C)CC2C=C(CCC(C(C)C)C=C1)C(=O)O2. The molecule has 0 aromatic heterocycles. The minimum atomic E-state index is -0.117. The molecule has 2 aliphatic rings. The normalized spacial score (nSPS) is 27.0. The molecule has 0 amide bonds. The first-order valence-corrected chi connectivity index (χ1v) is 8.38. The van der Waals surface area contributed by atoms with Crippen molar-refractivity contribution in [2.75, 3.05) is 0 Å². The zero-order valence-corrected chi connectivity index (χ0v) is 14.3. The number of carbonyl (C=O) groups excluding carboxylic acids is 1. The minimum Gasteiger partial charge on any atom is -0.454 e. The molecule has 0 spiro atoms. The molecule has 1 heterocycles. The van der Waals surface area contributed by atoms with Crippen LogP contribution in [0.25, 0.3) is 0 Å². The van der Waals surface area contributed by atoms with Gasteiger partial charge in [0.25, 0.3) is 0 Å². The molecule has 0 radical (unpaired) electrons. The van der Waals surface area contributed by atoms with E-state index in [2.05, 4.69) is 52.0 Å². The highest BCUT2D eigenvalue weighted by Gasteiger charge is 2.26. The lowest BCUT2D eigenvalue weighted by atomic mass is 9.88. The molecule has 1 aliphatic carbocycles. The van der Waals surface area contributed by atoms with Crippen LogP contribution in [0.4, 0.5) is 0 Å². The molecule has 2 rings (SSSR count). The Morgan fingerprint density at radius 1 is 1.23 bits per heavy atom. The van der Waals surface area contributed by atoms with Gasteiger partial charge >= 0.3 is 5.97 Å². The molecule has 2 bridgehead atoms. The molecule has 2 heteroatoms. The topological polar surface area (TPSA) is 26.3 Å². The van der Waals surface area contributed by atoms with Crippen LogP contribution in [0.15, 0.2) is 47.1 Å². The molecule has 0 saturated heterocycles. The number of hydrogen-bond acceptors (Lipinski definition) is 2. The van der Waals surface area contributed by atoms with Crippen LogP contribution < -0.4 is 0 Å². The highest BCUT2D eigenvalue weighted by Crippen LogP contribution is 2.27. The lowest BCUT2D eigenvalue weighted by Gasteiger charge is -2.16. The lowest BCUT2D eigenvalue weighted by molar-refractivity contribution is -0.139. The van der Waals surface area contributed by atoms with Crippen LogP contribution in [0.5, 0.6) is 0 Å². The predicted molar refractivity (Wildman–Crippen MR) is 91.4 cm³/mol. The Kier molecular flexibility index (Phi) is 5.82. The Morgan fingerprint density at radius 3 is 2.73 bits per heavy atom. The average Bonchev–Trinajstić information content (AvgIpc) is 2.77. The average molecular weight is 300 g/mol. The second kappa shape index (κ2) is 7.62. The summed E-state index contributed by atoms with van der Waals surface area (Å²) in [4.78, 5) is 12.0. The van der Waals surface area contributed by atoms with Gasteiger partial charge in [-0.1, -0.05) is 49.3 Å². The second-order valence-electron chi connectivity index (χ2n) is 6.88. The highest BCUT2D eigenvalue weighted by molar-refractivity contribution is 5.90. The Labute approximate surface area is 134 Å². The summed E-state index contributed by atoms with van der Waals surface area (Å²) < 4.78 is 5.48. The van der Waals surface area contributed by atoms with Gasteiger partial charge in [-0.3, -0.25) is 0 Å². The number of allylic oxidation sites excluding steroid dienone is 5. The van der Waals surface area contributed by atoms with Crippen molar-refractivity contribution in [3.05, 3.63) is 47.1 Å². The molecule has 2 unspecified atom stereocenters. The molecule has 1 aliphatic heterocycles. The summed E-state index contributed by atoms with van der Waals surface area (Å²) in [5.41, 5.74) is 3.45. The number of rotatable bonds is 1. The fourth-order valence-corrected chi connectivity index (χ4v) is 2.99. The summed E-state index contributed by atoms with van der Waals surface area (Å²) in [5.74, 6) is 0.956. The first-order valence-electron chi connectivity index (χ1n) is 8.38. The van der Waals surface area contributed by atoms with Gasteiger partial charge in [-0.05, 0) is 51.0 Å². The fraction of sp³-hybridized carbons (Fsp3) is 0.550. The lowest BCUT2D eigenvalue weighted by Crippen LogP contribution is -2.10. The second-order valence-corrected chi connectivity index (χ2v) is 6.88. The third-order valence-corrected chi connectivity index (χ3v) is 4.55. The van der Waals surface area contributed by atoms with E-state index in [1.54, 1.807) is 0 Å². The molecule has 0 N–H and O–H groups in total. The molecule has 120 valence electrons. The fourth-order valence-electron chi connectivity index (χ4n) is 2.99. The van der Waals surface area contributed by atoms with Crippen molar-refractivity contribution in [3.8, 4) is 0 Å². The van der Waals surface area contributed by atoms with E-state index in [-0.39, 0.29) is 12.1 Å². The van der Waals surface area contributed by atoms with Crippen molar-refractivity contribution >= 4 is 5.97 Å². The maximum atomic E-state index is 12.0. The standard InChI is InChI=1S/C20H28O2/c1-14(2)17-9-8-15(3)6-5-7-16(4)12-19-13-18(11-10-17)20(21)22-19/h6-9,13-14,17,19H,5,10-12H2,1-4H3. The smallest absolute Gasteiger partial charge is 0.334 e. The van der Waals surface area contributed by atoms with Gasteiger partial charge in [-0.2, -0.15) is 0 Å². The summed E-state index contributed by atoms with van der Waals surface area (Å²) in [6, 6.07) is 0. The first kappa shape index (κ1) is 16.8. The molecular formula is C20H28O2. The summed E-state index contributed by atoms with van der Waals surface area (Å²) in [6.07, 6.45) is 14.5. The van der Waals surface area contributed by atoms with Crippen molar-refractivity contribution in [1.82, 2.24) is 0 Å². The van der Waals surface area contributed by atoms with E-state index in [9.17, 15) is 4.79 Å². The highest BCUT2D eigenvalue weighted by atomic mass is 16.5. The van der Waals surface area contributed by atoms with Crippen molar-refractivity contribution in [3.63, 3.8) is 0 Å². The summed E-state index contributed by atoms with van der Waals surface area (Å²) in [5, 5.41) is 0.